The number of hydrogen-bond donors (Lipinski definition) is 1. The number of benzene rings is 1. The van der Waals surface area contributed by atoms with E-state index < -0.39 is 4.92 Å². The van der Waals surface area contributed by atoms with Crippen LogP contribution in [0.2, 0.25) is 0 Å². The number of rotatable bonds is 4. The number of hydrogen-bond acceptors (Lipinski definition) is 5. The Kier molecular flexibility index (Phi) is 3.96. The third-order valence-electron chi connectivity index (χ3n) is 2.44. The zero-order chi connectivity index (χ0) is 13.8. The van der Waals surface area contributed by atoms with Crippen molar-refractivity contribution in [1.29, 1.82) is 0 Å². The Morgan fingerprint density at radius 1 is 1.37 bits per heavy atom. The van der Waals surface area contributed by atoms with Crippen LogP contribution in [0.5, 0.6) is 5.75 Å². The van der Waals surface area contributed by atoms with Crippen molar-refractivity contribution in [2.24, 2.45) is 0 Å². The van der Waals surface area contributed by atoms with Gasteiger partial charge >= 0.3 is 5.69 Å². The number of nitro groups is 1. The summed E-state index contributed by atoms with van der Waals surface area (Å²) in [5.74, 6) is 0.521. The summed E-state index contributed by atoms with van der Waals surface area (Å²) in [6.07, 6.45) is 1.57. The molecule has 0 saturated heterocycles. The van der Waals surface area contributed by atoms with Gasteiger partial charge in [0.2, 0.25) is 5.75 Å². The van der Waals surface area contributed by atoms with Gasteiger partial charge in [-0.25, -0.2) is 4.98 Å². The smallest absolute Gasteiger partial charge is 0.312 e. The van der Waals surface area contributed by atoms with Crippen molar-refractivity contribution >= 4 is 27.4 Å². The lowest BCUT2D eigenvalue weighted by Gasteiger charge is -2.09. The number of ether oxygens (including phenoxy) is 1. The zero-order valence-electron chi connectivity index (χ0n) is 9.75. The van der Waals surface area contributed by atoms with Gasteiger partial charge < -0.3 is 10.5 Å². The van der Waals surface area contributed by atoms with E-state index in [0.29, 0.717) is 15.9 Å². The Balaban J connectivity index is 2.25. The molecule has 0 bridgehead atoms. The molecule has 0 unspecified atom stereocenters. The molecule has 2 aromatic rings. The number of nitro benzene ring substituents is 1. The Morgan fingerprint density at radius 3 is 2.84 bits per heavy atom. The second-order valence-electron chi connectivity index (χ2n) is 3.68. The molecule has 7 heteroatoms. The van der Waals surface area contributed by atoms with Gasteiger partial charge in [-0.2, -0.15) is 0 Å². The molecule has 0 saturated carbocycles. The minimum absolute atomic E-state index is 0.100. The quantitative estimate of drug-likeness (QED) is 0.690. The summed E-state index contributed by atoms with van der Waals surface area (Å²) >= 11 is 3.23. The molecule has 6 nitrogen and oxygen atoms in total. The third-order valence-corrected chi connectivity index (χ3v) is 3.07. The van der Waals surface area contributed by atoms with Crippen molar-refractivity contribution in [2.75, 3.05) is 5.73 Å². The Morgan fingerprint density at radius 2 is 2.16 bits per heavy atom. The van der Waals surface area contributed by atoms with E-state index in [2.05, 4.69) is 20.9 Å². The number of halogens is 1. The van der Waals surface area contributed by atoms with Crippen molar-refractivity contribution < 1.29 is 9.66 Å². The third kappa shape index (κ3) is 3.00. The SMILES string of the molecule is Nc1ncccc1COc1c(Br)cccc1[N+](=O)[O-]. The normalized spacial score (nSPS) is 10.2. The van der Waals surface area contributed by atoms with E-state index in [4.69, 9.17) is 10.5 Å². The van der Waals surface area contributed by atoms with Crippen LogP contribution in [-0.2, 0) is 6.61 Å². The first-order valence-corrected chi connectivity index (χ1v) is 6.14. The van der Waals surface area contributed by atoms with Gasteiger partial charge in [-0.15, -0.1) is 0 Å². The molecule has 0 fully saturated rings. The average Bonchev–Trinajstić information content (AvgIpc) is 2.38. The molecule has 0 aliphatic carbocycles. The maximum Gasteiger partial charge on any atom is 0.312 e. The van der Waals surface area contributed by atoms with Gasteiger partial charge in [0.25, 0.3) is 0 Å². The summed E-state index contributed by atoms with van der Waals surface area (Å²) in [5, 5.41) is 10.9. The molecule has 0 spiro atoms. The molecule has 2 N–H and O–H groups in total. The summed E-state index contributed by atoms with van der Waals surface area (Å²) in [4.78, 5) is 14.4. The highest BCUT2D eigenvalue weighted by Gasteiger charge is 2.18. The monoisotopic (exact) mass is 323 g/mol. The fourth-order valence-electron chi connectivity index (χ4n) is 1.51. The molecule has 1 aromatic heterocycles. The second kappa shape index (κ2) is 5.66. The van der Waals surface area contributed by atoms with Crippen molar-refractivity contribution in [3.63, 3.8) is 0 Å². The lowest BCUT2D eigenvalue weighted by atomic mass is 10.2. The summed E-state index contributed by atoms with van der Waals surface area (Å²) in [5.41, 5.74) is 6.26. The predicted octanol–water partition coefficient (Wildman–Crippen LogP) is 2.91. The first-order valence-electron chi connectivity index (χ1n) is 5.34. The number of pyridine rings is 1. The van der Waals surface area contributed by atoms with Crippen molar-refractivity contribution in [3.05, 3.63) is 56.7 Å². The molecule has 1 heterocycles. The number of nitrogens with two attached hydrogens (primary N) is 1. The summed E-state index contributed by atoms with van der Waals surface area (Å²) in [6, 6.07) is 8.11. The first-order chi connectivity index (χ1) is 9.09. The minimum Gasteiger partial charge on any atom is -0.481 e. The van der Waals surface area contributed by atoms with Crippen LogP contribution in [0.15, 0.2) is 41.0 Å². The Hall–Kier alpha value is -2.15. The highest BCUT2D eigenvalue weighted by molar-refractivity contribution is 9.10. The molecule has 98 valence electrons. The topological polar surface area (TPSA) is 91.3 Å². The van der Waals surface area contributed by atoms with Crippen LogP contribution in [0, 0.1) is 10.1 Å². The van der Waals surface area contributed by atoms with Gasteiger partial charge in [0.1, 0.15) is 12.4 Å². The molecule has 0 aliphatic heterocycles. The average molecular weight is 324 g/mol. The standard InChI is InChI=1S/C12H10BrN3O3/c13-9-4-1-5-10(16(17)18)11(9)19-7-8-3-2-6-15-12(8)14/h1-6H,7H2,(H2,14,15). The minimum atomic E-state index is -0.493. The number of para-hydroxylation sites is 1. The largest absolute Gasteiger partial charge is 0.481 e. The Labute approximate surface area is 117 Å². The van der Waals surface area contributed by atoms with Crippen LogP contribution >= 0.6 is 15.9 Å². The number of aromatic nitrogens is 1. The summed E-state index contributed by atoms with van der Waals surface area (Å²) in [7, 11) is 0. The summed E-state index contributed by atoms with van der Waals surface area (Å²) in [6.45, 7) is 0.114. The number of nitrogen functional groups attached to an aromatic ring is 1. The van der Waals surface area contributed by atoms with Gasteiger partial charge in [-0.05, 0) is 28.1 Å². The molecule has 19 heavy (non-hydrogen) atoms. The van der Waals surface area contributed by atoms with Gasteiger partial charge in [0.15, 0.2) is 0 Å². The van der Waals surface area contributed by atoms with E-state index in [1.165, 1.54) is 6.07 Å². The molecular weight excluding hydrogens is 314 g/mol. The van der Waals surface area contributed by atoms with Crippen molar-refractivity contribution in [1.82, 2.24) is 4.98 Å². The van der Waals surface area contributed by atoms with Gasteiger partial charge in [0.05, 0.1) is 9.40 Å². The van der Waals surface area contributed by atoms with Crippen molar-refractivity contribution in [2.45, 2.75) is 6.61 Å². The van der Waals surface area contributed by atoms with Crippen molar-refractivity contribution in [3.8, 4) is 5.75 Å². The van der Waals surface area contributed by atoms with Crippen LogP contribution in [0.25, 0.3) is 0 Å². The van der Waals surface area contributed by atoms with E-state index in [0.717, 1.165) is 0 Å². The lowest BCUT2D eigenvalue weighted by molar-refractivity contribution is -0.386. The molecule has 0 radical (unpaired) electrons. The van der Waals surface area contributed by atoms with Crippen LogP contribution in [-0.4, -0.2) is 9.91 Å². The molecule has 0 amide bonds. The van der Waals surface area contributed by atoms with E-state index in [1.807, 2.05) is 0 Å². The molecule has 2 rings (SSSR count). The Bertz CT molecular complexity index is 619. The fourth-order valence-corrected chi connectivity index (χ4v) is 1.98. The maximum absolute atomic E-state index is 10.9. The van der Waals surface area contributed by atoms with Gasteiger partial charge in [0, 0.05) is 17.8 Å². The van der Waals surface area contributed by atoms with E-state index in [1.54, 1.807) is 30.5 Å². The van der Waals surface area contributed by atoms with Crippen LogP contribution in [0.1, 0.15) is 5.56 Å². The molecular formula is C12H10BrN3O3. The van der Waals surface area contributed by atoms with Crippen LogP contribution < -0.4 is 10.5 Å². The number of anilines is 1. The van der Waals surface area contributed by atoms with Crippen LogP contribution in [0.4, 0.5) is 11.5 Å². The van der Waals surface area contributed by atoms with Gasteiger partial charge in [-0.1, -0.05) is 12.1 Å². The van der Waals surface area contributed by atoms with Gasteiger partial charge in [-0.3, -0.25) is 10.1 Å². The zero-order valence-corrected chi connectivity index (χ0v) is 11.3. The molecule has 1 aromatic carbocycles. The van der Waals surface area contributed by atoms with Crippen LogP contribution in [0.3, 0.4) is 0 Å². The number of nitrogens with zero attached hydrogens (tertiary/aromatic N) is 2. The highest BCUT2D eigenvalue weighted by atomic mass is 79.9. The van der Waals surface area contributed by atoms with E-state index >= 15 is 0 Å². The molecule has 0 aliphatic rings. The summed E-state index contributed by atoms with van der Waals surface area (Å²) < 4.78 is 6.01. The van der Waals surface area contributed by atoms with E-state index in [-0.39, 0.29) is 18.0 Å². The first kappa shape index (κ1) is 13.3. The van der Waals surface area contributed by atoms with E-state index in [9.17, 15) is 10.1 Å². The predicted molar refractivity (Wildman–Crippen MR) is 73.8 cm³/mol. The second-order valence-corrected chi connectivity index (χ2v) is 4.54. The molecule has 0 atom stereocenters. The maximum atomic E-state index is 10.9. The fraction of sp³-hybridized carbons (Fsp3) is 0.0833. The highest BCUT2D eigenvalue weighted by Crippen LogP contribution is 2.35. The lowest BCUT2D eigenvalue weighted by Crippen LogP contribution is -2.03.